The Balaban J connectivity index is 2.07. The van der Waals surface area contributed by atoms with E-state index in [1.807, 2.05) is 6.92 Å². The van der Waals surface area contributed by atoms with Crippen molar-refractivity contribution in [2.24, 2.45) is 0 Å². The largest absolute Gasteiger partial charge is 0.387 e. The van der Waals surface area contributed by atoms with E-state index in [2.05, 4.69) is 10.1 Å². The first-order chi connectivity index (χ1) is 10.8. The van der Waals surface area contributed by atoms with Gasteiger partial charge in [-0.15, -0.1) is 0 Å². The zero-order valence-electron chi connectivity index (χ0n) is 12.4. The van der Waals surface area contributed by atoms with Crippen LogP contribution in [-0.4, -0.2) is 29.4 Å². The van der Waals surface area contributed by atoms with Crippen molar-refractivity contribution in [1.29, 1.82) is 0 Å². The monoisotopic (exact) mass is 346 g/mol. The topological polar surface area (TPSA) is 93.3 Å². The molecule has 0 spiro atoms. The highest BCUT2D eigenvalue weighted by Gasteiger charge is 2.24. The van der Waals surface area contributed by atoms with Crippen LogP contribution < -0.4 is 0 Å². The van der Waals surface area contributed by atoms with Gasteiger partial charge in [0.15, 0.2) is 15.7 Å². The first-order valence-electron chi connectivity index (χ1n) is 6.95. The van der Waals surface area contributed by atoms with Gasteiger partial charge < -0.3 is 9.63 Å². The molecule has 1 atom stereocenters. The Morgan fingerprint density at radius 1 is 1.35 bits per heavy atom. The van der Waals surface area contributed by atoms with Gasteiger partial charge in [-0.1, -0.05) is 18.1 Å². The third-order valence-electron chi connectivity index (χ3n) is 3.06. The highest BCUT2D eigenvalue weighted by molar-refractivity contribution is 7.90. The zero-order valence-corrected chi connectivity index (χ0v) is 13.2. The van der Waals surface area contributed by atoms with Crippen LogP contribution in [0.2, 0.25) is 0 Å². The molecule has 9 heteroatoms. The van der Waals surface area contributed by atoms with E-state index in [0.717, 1.165) is 18.6 Å². The molecule has 0 fully saturated rings. The van der Waals surface area contributed by atoms with Crippen molar-refractivity contribution in [3.05, 3.63) is 47.1 Å². The predicted octanol–water partition coefficient (Wildman–Crippen LogP) is 1.95. The number of rotatable bonds is 7. The Morgan fingerprint density at radius 2 is 2.09 bits per heavy atom. The summed E-state index contributed by atoms with van der Waals surface area (Å²) in [5, 5.41) is 13.5. The van der Waals surface area contributed by atoms with Crippen LogP contribution in [0.5, 0.6) is 0 Å². The van der Waals surface area contributed by atoms with Crippen LogP contribution >= 0.6 is 0 Å². The second-order valence-electron chi connectivity index (χ2n) is 5.09. The molecule has 6 nitrogen and oxygen atoms in total. The van der Waals surface area contributed by atoms with Gasteiger partial charge in [0, 0.05) is 18.1 Å². The highest BCUT2D eigenvalue weighted by Crippen LogP contribution is 2.21. The van der Waals surface area contributed by atoms with Crippen molar-refractivity contribution in [1.82, 2.24) is 10.1 Å². The van der Waals surface area contributed by atoms with Crippen molar-refractivity contribution < 1.29 is 26.8 Å². The summed E-state index contributed by atoms with van der Waals surface area (Å²) in [6, 6.07) is 2.54. The molecular weight excluding hydrogens is 330 g/mol. The minimum absolute atomic E-state index is 0.0831. The van der Waals surface area contributed by atoms with Crippen LogP contribution in [0.3, 0.4) is 0 Å². The fraction of sp³-hybridized carbons (Fsp3) is 0.429. The zero-order chi connectivity index (χ0) is 17.0. The van der Waals surface area contributed by atoms with Gasteiger partial charge in [0.05, 0.1) is 11.9 Å². The molecule has 1 aromatic carbocycles. The maximum absolute atomic E-state index is 13.6. The summed E-state index contributed by atoms with van der Waals surface area (Å²) in [7, 11) is -3.82. The number of aromatic nitrogens is 2. The normalized spacial score (nSPS) is 13.2. The lowest BCUT2D eigenvalue weighted by Gasteiger charge is -2.11. The van der Waals surface area contributed by atoms with Crippen molar-refractivity contribution in [3.8, 4) is 0 Å². The predicted molar refractivity (Wildman–Crippen MR) is 77.1 cm³/mol. The number of halogens is 2. The van der Waals surface area contributed by atoms with Gasteiger partial charge in [-0.3, -0.25) is 0 Å². The van der Waals surface area contributed by atoms with Gasteiger partial charge in [0.1, 0.15) is 17.4 Å². The summed E-state index contributed by atoms with van der Waals surface area (Å²) in [6.45, 7) is 1.92. The van der Waals surface area contributed by atoms with E-state index in [1.54, 1.807) is 0 Å². The third-order valence-corrected chi connectivity index (χ3v) is 4.57. The minimum Gasteiger partial charge on any atom is -0.387 e. The number of sulfone groups is 1. The standard InChI is InChI=1S/C14H16F2N2O4S/c1-2-3-13-17-14(22-18-13)8-23(20,21)7-12(19)10-5-4-9(15)6-11(10)16/h4-6,12,19H,2-3,7-8H2,1H3. The molecular formula is C14H16F2N2O4S. The van der Waals surface area contributed by atoms with Gasteiger partial charge in [0.25, 0.3) is 0 Å². The summed E-state index contributed by atoms with van der Waals surface area (Å²) >= 11 is 0. The molecule has 1 N–H and O–H groups in total. The number of nitrogens with zero attached hydrogens (tertiary/aromatic N) is 2. The molecule has 0 radical (unpaired) electrons. The van der Waals surface area contributed by atoms with E-state index in [0.29, 0.717) is 18.3 Å². The molecule has 2 rings (SSSR count). The Kier molecular flexibility index (Phi) is 5.42. The third kappa shape index (κ3) is 4.80. The number of aliphatic hydroxyl groups is 1. The van der Waals surface area contributed by atoms with Crippen LogP contribution in [0.4, 0.5) is 8.78 Å². The van der Waals surface area contributed by atoms with E-state index in [1.165, 1.54) is 0 Å². The number of aryl methyl sites for hydroxylation is 1. The molecule has 0 saturated carbocycles. The molecule has 0 aliphatic heterocycles. The van der Waals surface area contributed by atoms with Crippen molar-refractivity contribution >= 4 is 9.84 Å². The molecule has 1 aromatic heterocycles. The molecule has 0 aliphatic rings. The molecule has 0 saturated heterocycles. The molecule has 126 valence electrons. The van der Waals surface area contributed by atoms with Gasteiger partial charge in [-0.05, 0) is 12.5 Å². The summed E-state index contributed by atoms with van der Waals surface area (Å²) in [4.78, 5) is 3.93. The first kappa shape index (κ1) is 17.5. The van der Waals surface area contributed by atoms with Crippen LogP contribution in [0.15, 0.2) is 22.7 Å². The fourth-order valence-corrected chi connectivity index (χ4v) is 3.30. The SMILES string of the molecule is CCCc1noc(CS(=O)(=O)CC(O)c2ccc(F)cc2F)n1. The maximum Gasteiger partial charge on any atom is 0.241 e. The van der Waals surface area contributed by atoms with Crippen LogP contribution in [0.1, 0.15) is 36.7 Å². The van der Waals surface area contributed by atoms with E-state index < -0.39 is 39.1 Å². The van der Waals surface area contributed by atoms with Gasteiger partial charge in [-0.25, -0.2) is 17.2 Å². The van der Waals surface area contributed by atoms with Crippen molar-refractivity contribution in [2.75, 3.05) is 5.75 Å². The van der Waals surface area contributed by atoms with Crippen molar-refractivity contribution in [3.63, 3.8) is 0 Å². The Morgan fingerprint density at radius 3 is 2.74 bits per heavy atom. The molecule has 1 unspecified atom stereocenters. The lowest BCUT2D eigenvalue weighted by Crippen LogP contribution is -2.17. The highest BCUT2D eigenvalue weighted by atomic mass is 32.2. The molecule has 0 aliphatic carbocycles. The van der Waals surface area contributed by atoms with E-state index >= 15 is 0 Å². The summed E-state index contributed by atoms with van der Waals surface area (Å²) in [6.07, 6.45) is -0.264. The number of hydrogen-bond donors (Lipinski definition) is 1. The van der Waals surface area contributed by atoms with Gasteiger partial charge in [0.2, 0.25) is 5.89 Å². The Bertz CT molecular complexity index is 777. The lowest BCUT2D eigenvalue weighted by molar-refractivity contribution is 0.196. The summed E-state index contributed by atoms with van der Waals surface area (Å²) < 4.78 is 55.3. The molecule has 0 bridgehead atoms. The number of hydrogen-bond acceptors (Lipinski definition) is 6. The second kappa shape index (κ2) is 7.14. The molecule has 23 heavy (non-hydrogen) atoms. The molecule has 0 amide bonds. The first-order valence-corrected chi connectivity index (χ1v) is 8.77. The number of aliphatic hydroxyl groups excluding tert-OH is 1. The average molecular weight is 346 g/mol. The lowest BCUT2D eigenvalue weighted by atomic mass is 10.1. The smallest absolute Gasteiger partial charge is 0.241 e. The maximum atomic E-state index is 13.6. The van der Waals surface area contributed by atoms with Gasteiger partial charge in [-0.2, -0.15) is 4.98 Å². The Labute approximate surface area is 132 Å². The van der Waals surface area contributed by atoms with Crippen LogP contribution in [0, 0.1) is 11.6 Å². The van der Waals surface area contributed by atoms with E-state index in [9.17, 15) is 22.3 Å². The number of benzene rings is 1. The molecule has 1 heterocycles. The van der Waals surface area contributed by atoms with Crippen LogP contribution in [0.25, 0.3) is 0 Å². The fourth-order valence-electron chi connectivity index (χ4n) is 2.02. The quantitative estimate of drug-likeness (QED) is 0.824. The molecule has 2 aromatic rings. The van der Waals surface area contributed by atoms with Crippen molar-refractivity contribution in [2.45, 2.75) is 31.6 Å². The van der Waals surface area contributed by atoms with Crippen LogP contribution in [-0.2, 0) is 22.0 Å². The summed E-state index contributed by atoms with van der Waals surface area (Å²) in [5.74, 6) is -2.78. The second-order valence-corrected chi connectivity index (χ2v) is 7.20. The summed E-state index contributed by atoms with van der Waals surface area (Å²) in [5.41, 5.74) is -0.285. The minimum atomic E-state index is -3.82. The Hall–Kier alpha value is -1.87. The van der Waals surface area contributed by atoms with Gasteiger partial charge >= 0.3 is 0 Å². The van der Waals surface area contributed by atoms with E-state index in [-0.39, 0.29) is 11.5 Å². The average Bonchev–Trinajstić information content (AvgIpc) is 2.84. The van der Waals surface area contributed by atoms with E-state index in [4.69, 9.17) is 4.52 Å².